The number of anilines is 1. The first-order valence-electron chi connectivity index (χ1n) is 15.2. The van der Waals surface area contributed by atoms with E-state index in [-0.39, 0.29) is 5.91 Å². The summed E-state index contributed by atoms with van der Waals surface area (Å²) in [4.78, 5) is 26.8. The van der Waals surface area contributed by atoms with Crippen molar-refractivity contribution in [2.24, 2.45) is 0 Å². The molecule has 5 rings (SSSR count). The largest absolute Gasteiger partial charge is 0.497 e. The number of piperidine rings is 1. The molecule has 1 saturated heterocycles. The standard InChI is InChI=1S/C35H43N5O3/c1-24-10-14-36-22-29(24)23-40(30-6-8-32(42-5)9-7-30)31-12-17-39(18-13-31)27(4)11-15-37-34(41)33-25(2)20-28(21-26(33)3)35-38-16-19-43-35/h6-10,14,16,19-22,27,31H,11-13,15,17-18,23H2,1-5H3,(H,37,41). The molecule has 4 aromatic rings. The molecule has 1 amide bonds. The fraction of sp³-hybridized carbons (Fsp3) is 0.400. The lowest BCUT2D eigenvalue weighted by atomic mass is 9.98. The summed E-state index contributed by atoms with van der Waals surface area (Å²) >= 11 is 0. The van der Waals surface area contributed by atoms with Crippen molar-refractivity contribution < 1.29 is 13.9 Å². The van der Waals surface area contributed by atoms with E-state index in [1.54, 1.807) is 19.6 Å². The van der Waals surface area contributed by atoms with E-state index in [2.05, 4.69) is 57.1 Å². The number of amides is 1. The topological polar surface area (TPSA) is 83.7 Å². The van der Waals surface area contributed by atoms with Crippen LogP contribution in [-0.2, 0) is 6.54 Å². The van der Waals surface area contributed by atoms with Crippen molar-refractivity contribution in [3.8, 4) is 17.2 Å². The average molecular weight is 582 g/mol. The van der Waals surface area contributed by atoms with Crippen molar-refractivity contribution in [1.82, 2.24) is 20.2 Å². The van der Waals surface area contributed by atoms with E-state index in [4.69, 9.17) is 9.15 Å². The van der Waals surface area contributed by atoms with Gasteiger partial charge in [-0.2, -0.15) is 0 Å². The molecule has 1 aliphatic heterocycles. The minimum absolute atomic E-state index is 0.0271. The molecule has 2 aromatic carbocycles. The van der Waals surface area contributed by atoms with E-state index in [1.807, 2.05) is 50.5 Å². The van der Waals surface area contributed by atoms with Crippen LogP contribution < -0.4 is 15.0 Å². The molecule has 0 saturated carbocycles. The molecule has 43 heavy (non-hydrogen) atoms. The Morgan fingerprint density at radius 1 is 1.07 bits per heavy atom. The second-order valence-corrected chi connectivity index (χ2v) is 11.6. The summed E-state index contributed by atoms with van der Waals surface area (Å²) in [6.45, 7) is 11.9. The molecule has 1 aliphatic rings. The van der Waals surface area contributed by atoms with Crippen molar-refractivity contribution in [2.45, 2.75) is 65.6 Å². The van der Waals surface area contributed by atoms with Crippen LogP contribution >= 0.6 is 0 Å². The predicted octanol–water partition coefficient (Wildman–Crippen LogP) is 6.35. The van der Waals surface area contributed by atoms with Gasteiger partial charge in [-0.05, 0) is 112 Å². The number of ether oxygens (including phenoxy) is 1. The van der Waals surface area contributed by atoms with Gasteiger partial charge in [0.05, 0.1) is 13.3 Å². The fourth-order valence-corrected chi connectivity index (χ4v) is 6.17. The van der Waals surface area contributed by atoms with E-state index in [0.717, 1.165) is 66.9 Å². The van der Waals surface area contributed by atoms with Gasteiger partial charge in [0, 0.05) is 67.5 Å². The van der Waals surface area contributed by atoms with Crippen LogP contribution in [0.5, 0.6) is 5.75 Å². The van der Waals surface area contributed by atoms with Crippen LogP contribution in [0.2, 0.25) is 0 Å². The van der Waals surface area contributed by atoms with E-state index >= 15 is 0 Å². The lowest BCUT2D eigenvalue weighted by molar-refractivity contribution is 0.0944. The third kappa shape index (κ3) is 7.25. The average Bonchev–Trinajstić information content (AvgIpc) is 3.56. The van der Waals surface area contributed by atoms with Gasteiger partial charge in [-0.3, -0.25) is 9.78 Å². The Labute approximate surface area is 255 Å². The Kier molecular flexibility index (Phi) is 9.77. The molecule has 0 spiro atoms. The van der Waals surface area contributed by atoms with E-state index in [1.165, 1.54) is 16.8 Å². The number of hydrogen-bond donors (Lipinski definition) is 1. The SMILES string of the molecule is COc1ccc(N(Cc2cnccc2C)C2CCN(C(C)CCNC(=O)c3c(C)cc(-c4ncco4)cc3C)CC2)cc1. The number of pyridine rings is 1. The Hall–Kier alpha value is -4.17. The third-order valence-corrected chi connectivity index (χ3v) is 8.74. The number of methoxy groups -OCH3 is 1. The number of hydrogen-bond acceptors (Lipinski definition) is 7. The minimum atomic E-state index is -0.0271. The highest BCUT2D eigenvalue weighted by atomic mass is 16.5. The molecule has 0 aliphatic carbocycles. The van der Waals surface area contributed by atoms with Crippen LogP contribution in [0.3, 0.4) is 0 Å². The summed E-state index contributed by atoms with van der Waals surface area (Å²) in [7, 11) is 1.70. The number of nitrogens with one attached hydrogen (secondary N) is 1. The first-order valence-corrected chi connectivity index (χ1v) is 15.2. The molecule has 1 unspecified atom stereocenters. The lowest BCUT2D eigenvalue weighted by Gasteiger charge is -2.42. The summed E-state index contributed by atoms with van der Waals surface area (Å²) in [6.07, 6.45) is 10.1. The second kappa shape index (κ2) is 13.9. The molecular formula is C35H43N5O3. The maximum absolute atomic E-state index is 13.1. The molecule has 0 bridgehead atoms. The minimum Gasteiger partial charge on any atom is -0.497 e. The monoisotopic (exact) mass is 581 g/mol. The van der Waals surface area contributed by atoms with Crippen LogP contribution in [-0.4, -0.2) is 59.6 Å². The van der Waals surface area contributed by atoms with E-state index in [9.17, 15) is 4.79 Å². The molecule has 1 atom stereocenters. The quantitative estimate of drug-likeness (QED) is 0.221. The van der Waals surface area contributed by atoms with Crippen molar-refractivity contribution in [3.63, 3.8) is 0 Å². The van der Waals surface area contributed by atoms with Crippen LogP contribution in [0.4, 0.5) is 5.69 Å². The number of benzene rings is 2. The zero-order chi connectivity index (χ0) is 30.3. The van der Waals surface area contributed by atoms with E-state index < -0.39 is 0 Å². The summed E-state index contributed by atoms with van der Waals surface area (Å²) < 4.78 is 10.8. The van der Waals surface area contributed by atoms with Crippen molar-refractivity contribution in [3.05, 3.63) is 95.1 Å². The molecule has 8 nitrogen and oxygen atoms in total. The van der Waals surface area contributed by atoms with Gasteiger partial charge >= 0.3 is 0 Å². The number of oxazole rings is 1. The third-order valence-electron chi connectivity index (χ3n) is 8.74. The molecule has 0 radical (unpaired) electrons. The van der Waals surface area contributed by atoms with Gasteiger partial charge in [0.2, 0.25) is 5.89 Å². The molecule has 2 aromatic heterocycles. The van der Waals surface area contributed by atoms with Crippen LogP contribution in [0.15, 0.2) is 71.7 Å². The Balaban J connectivity index is 1.16. The van der Waals surface area contributed by atoms with Gasteiger partial charge < -0.3 is 24.3 Å². The Morgan fingerprint density at radius 3 is 2.42 bits per heavy atom. The highest BCUT2D eigenvalue weighted by Gasteiger charge is 2.28. The van der Waals surface area contributed by atoms with E-state index in [0.29, 0.717) is 24.5 Å². The highest BCUT2D eigenvalue weighted by Crippen LogP contribution is 2.29. The molecule has 1 fully saturated rings. The number of likely N-dealkylation sites (tertiary alicyclic amines) is 1. The highest BCUT2D eigenvalue weighted by molar-refractivity contribution is 5.97. The van der Waals surface area contributed by atoms with Crippen LogP contribution in [0.1, 0.15) is 58.8 Å². The van der Waals surface area contributed by atoms with Crippen molar-refractivity contribution >= 4 is 11.6 Å². The summed E-state index contributed by atoms with van der Waals surface area (Å²) in [5, 5.41) is 3.17. The maximum atomic E-state index is 13.1. The number of aryl methyl sites for hydroxylation is 3. The fourth-order valence-electron chi connectivity index (χ4n) is 6.17. The maximum Gasteiger partial charge on any atom is 0.251 e. The molecule has 226 valence electrons. The second-order valence-electron chi connectivity index (χ2n) is 11.6. The van der Waals surface area contributed by atoms with Crippen LogP contribution in [0, 0.1) is 20.8 Å². The smallest absolute Gasteiger partial charge is 0.251 e. The molecule has 8 heteroatoms. The number of carbonyl (C=O) groups excluding carboxylic acids is 1. The summed E-state index contributed by atoms with van der Waals surface area (Å²) in [5.41, 5.74) is 7.17. The molecular weight excluding hydrogens is 538 g/mol. The van der Waals surface area contributed by atoms with Crippen molar-refractivity contribution in [1.29, 1.82) is 0 Å². The lowest BCUT2D eigenvalue weighted by Crippen LogP contribution is -2.48. The first kappa shape index (κ1) is 30.3. The number of aromatic nitrogens is 2. The van der Waals surface area contributed by atoms with Gasteiger partial charge in [0.25, 0.3) is 5.91 Å². The number of carbonyl (C=O) groups is 1. The van der Waals surface area contributed by atoms with Gasteiger partial charge in [-0.15, -0.1) is 0 Å². The van der Waals surface area contributed by atoms with Gasteiger partial charge in [-0.1, -0.05) is 0 Å². The zero-order valence-corrected chi connectivity index (χ0v) is 26.0. The van der Waals surface area contributed by atoms with Gasteiger partial charge in [0.1, 0.15) is 12.0 Å². The number of rotatable bonds is 11. The Morgan fingerprint density at radius 2 is 1.79 bits per heavy atom. The summed E-state index contributed by atoms with van der Waals surface area (Å²) in [6, 6.07) is 15.2. The van der Waals surface area contributed by atoms with Crippen molar-refractivity contribution in [2.75, 3.05) is 31.6 Å². The zero-order valence-electron chi connectivity index (χ0n) is 26.0. The Bertz CT molecular complexity index is 1470. The molecule has 1 N–H and O–H groups in total. The summed E-state index contributed by atoms with van der Waals surface area (Å²) in [5.74, 6) is 1.40. The number of nitrogens with zero attached hydrogens (tertiary/aromatic N) is 4. The van der Waals surface area contributed by atoms with Crippen LogP contribution in [0.25, 0.3) is 11.5 Å². The first-order chi connectivity index (χ1) is 20.8. The normalized spacial score (nSPS) is 14.8. The predicted molar refractivity (Wildman–Crippen MR) is 171 cm³/mol. The van der Waals surface area contributed by atoms with Gasteiger partial charge in [-0.25, -0.2) is 4.98 Å². The van der Waals surface area contributed by atoms with Gasteiger partial charge in [0.15, 0.2) is 0 Å². The molecule has 3 heterocycles.